The van der Waals surface area contributed by atoms with Crippen LogP contribution >= 0.6 is 11.3 Å². The van der Waals surface area contributed by atoms with E-state index in [0.717, 1.165) is 37.7 Å². The summed E-state index contributed by atoms with van der Waals surface area (Å²) in [6.45, 7) is 9.80. The summed E-state index contributed by atoms with van der Waals surface area (Å²) >= 11 is 1.95. The molecule has 2 N–H and O–H groups in total. The topological polar surface area (TPSA) is 47.9 Å². The molecule has 0 aromatic carbocycles. The monoisotopic (exact) mass is 455 g/mol. The molecule has 0 radical (unpaired) electrons. The lowest BCUT2D eigenvalue weighted by Gasteiger charge is -2.39. The number of aliphatic hydroxyl groups is 1. The molecule has 4 aliphatic rings. The largest absolute Gasteiger partial charge is 0.393 e. The first-order chi connectivity index (χ1) is 15.4. The Balaban J connectivity index is 1.30. The molecule has 4 nitrogen and oxygen atoms in total. The van der Waals surface area contributed by atoms with Gasteiger partial charge in [-0.1, -0.05) is 33.1 Å². The van der Waals surface area contributed by atoms with Crippen LogP contribution < -0.4 is 5.32 Å². The van der Waals surface area contributed by atoms with Gasteiger partial charge in [0.05, 0.1) is 17.5 Å². The van der Waals surface area contributed by atoms with Gasteiger partial charge in [-0.3, -0.25) is 9.89 Å². The highest BCUT2D eigenvalue weighted by Gasteiger charge is 2.33. The Labute approximate surface area is 198 Å². The highest BCUT2D eigenvalue weighted by atomic mass is 32.1. The minimum atomic E-state index is -0.120. The van der Waals surface area contributed by atoms with Gasteiger partial charge in [-0.05, 0) is 74.7 Å². The second-order valence-electron chi connectivity index (χ2n) is 11.7. The standard InChI is InChI=1S/C27H41N3OS/c1-18-15-28-26-22(14-25(32-26)20-7-10-27(2,3)11-8-20)23(29-18)17-30-12-9-24(31)21(16-30)13-19-5-4-6-19/h14-15,19-21,24,28,31H,4-13,16-17H2,1-3H3. The van der Waals surface area contributed by atoms with E-state index in [1.54, 1.807) is 0 Å². The maximum atomic E-state index is 10.6. The number of aliphatic imine (C=N–C) groups is 1. The third-order valence-corrected chi connectivity index (χ3v) is 9.77. The highest BCUT2D eigenvalue weighted by Crippen LogP contribution is 2.46. The average Bonchev–Trinajstić information content (AvgIpc) is 3.09. The predicted octanol–water partition coefficient (Wildman–Crippen LogP) is 6.38. The van der Waals surface area contributed by atoms with Crippen molar-refractivity contribution in [2.45, 2.75) is 90.6 Å². The lowest BCUT2D eigenvalue weighted by Crippen LogP contribution is -2.46. The minimum absolute atomic E-state index is 0.120. The maximum absolute atomic E-state index is 10.6. The molecular weight excluding hydrogens is 414 g/mol. The van der Waals surface area contributed by atoms with E-state index in [1.165, 1.54) is 72.5 Å². The minimum Gasteiger partial charge on any atom is -0.393 e. The van der Waals surface area contributed by atoms with Crippen LogP contribution in [0.4, 0.5) is 5.00 Å². The van der Waals surface area contributed by atoms with Gasteiger partial charge in [-0.15, -0.1) is 11.3 Å². The van der Waals surface area contributed by atoms with Crippen molar-refractivity contribution in [2.24, 2.45) is 22.2 Å². The first-order valence-corrected chi connectivity index (χ1v) is 13.7. The van der Waals surface area contributed by atoms with Gasteiger partial charge in [0.25, 0.3) is 0 Å². The van der Waals surface area contributed by atoms with Crippen LogP contribution in [0.2, 0.25) is 0 Å². The van der Waals surface area contributed by atoms with Gasteiger partial charge in [-0.25, -0.2) is 0 Å². The Morgan fingerprint density at radius 3 is 2.69 bits per heavy atom. The zero-order valence-electron chi connectivity index (χ0n) is 20.2. The van der Waals surface area contributed by atoms with Gasteiger partial charge in [0.2, 0.25) is 0 Å². The number of rotatable bonds is 5. The summed E-state index contributed by atoms with van der Waals surface area (Å²) in [6, 6.07) is 2.45. The Morgan fingerprint density at radius 2 is 1.97 bits per heavy atom. The van der Waals surface area contributed by atoms with Crippen molar-refractivity contribution in [1.29, 1.82) is 0 Å². The van der Waals surface area contributed by atoms with Crippen LogP contribution in [0.1, 0.15) is 94.9 Å². The van der Waals surface area contributed by atoms with Crippen LogP contribution in [-0.4, -0.2) is 41.5 Å². The van der Waals surface area contributed by atoms with Crippen molar-refractivity contribution < 1.29 is 5.11 Å². The van der Waals surface area contributed by atoms with Gasteiger partial charge in [0.1, 0.15) is 5.00 Å². The van der Waals surface area contributed by atoms with Crippen LogP contribution in [0.25, 0.3) is 0 Å². The van der Waals surface area contributed by atoms with E-state index in [-0.39, 0.29) is 6.10 Å². The molecule has 5 heteroatoms. The van der Waals surface area contributed by atoms with E-state index >= 15 is 0 Å². The molecule has 2 atom stereocenters. The predicted molar refractivity (Wildman–Crippen MR) is 136 cm³/mol. The van der Waals surface area contributed by atoms with Crippen molar-refractivity contribution in [1.82, 2.24) is 4.90 Å². The van der Waals surface area contributed by atoms with Gasteiger partial charge >= 0.3 is 0 Å². The fourth-order valence-corrected chi connectivity index (χ4v) is 7.27. The molecule has 0 spiro atoms. The Bertz CT molecular complexity index is 871. The van der Waals surface area contributed by atoms with Crippen LogP contribution in [0.5, 0.6) is 0 Å². The van der Waals surface area contributed by atoms with Crippen LogP contribution in [-0.2, 0) is 0 Å². The summed E-state index contributed by atoms with van der Waals surface area (Å²) in [5, 5.41) is 15.4. The van der Waals surface area contributed by atoms with E-state index in [1.807, 2.05) is 11.3 Å². The SMILES string of the molecule is CC1=CNc2sc(C3CCC(C)(C)CC3)cc2C(CN2CCC(O)C(CC3CCC3)C2)=N1. The second kappa shape index (κ2) is 9.23. The number of aliphatic hydroxyl groups excluding tert-OH is 1. The van der Waals surface area contributed by atoms with Crippen LogP contribution in [0, 0.1) is 17.3 Å². The summed E-state index contributed by atoms with van der Waals surface area (Å²) < 4.78 is 0. The van der Waals surface area contributed by atoms with Crippen molar-refractivity contribution in [3.63, 3.8) is 0 Å². The summed E-state index contributed by atoms with van der Waals surface area (Å²) in [6.07, 6.45) is 13.4. The normalized spacial score (nSPS) is 29.4. The Kier molecular flexibility index (Phi) is 6.52. The first-order valence-electron chi connectivity index (χ1n) is 12.9. The Hall–Kier alpha value is -1.17. The molecule has 0 amide bonds. The summed E-state index contributed by atoms with van der Waals surface area (Å²) in [5.74, 6) is 1.98. The molecule has 2 aliphatic carbocycles. The van der Waals surface area contributed by atoms with E-state index in [2.05, 4.69) is 43.3 Å². The lowest BCUT2D eigenvalue weighted by atomic mass is 9.73. The number of nitrogens with one attached hydrogen (secondary N) is 1. The summed E-state index contributed by atoms with van der Waals surface area (Å²) in [7, 11) is 0. The van der Waals surface area contributed by atoms with Gasteiger partial charge in [-0.2, -0.15) is 0 Å². The second-order valence-corrected chi connectivity index (χ2v) is 12.8. The number of allylic oxidation sites excluding steroid dienone is 1. The average molecular weight is 456 g/mol. The van der Waals surface area contributed by atoms with Gasteiger partial charge < -0.3 is 10.4 Å². The zero-order valence-corrected chi connectivity index (χ0v) is 21.0. The lowest BCUT2D eigenvalue weighted by molar-refractivity contribution is 0.0145. The molecule has 2 saturated carbocycles. The van der Waals surface area contributed by atoms with E-state index in [9.17, 15) is 5.11 Å². The van der Waals surface area contributed by atoms with Crippen LogP contribution in [0.15, 0.2) is 23.0 Å². The van der Waals surface area contributed by atoms with E-state index in [0.29, 0.717) is 17.3 Å². The van der Waals surface area contributed by atoms with Crippen molar-refractivity contribution in [3.05, 3.63) is 28.4 Å². The first kappa shape index (κ1) is 22.6. The number of thiophene rings is 1. The molecule has 1 saturated heterocycles. The third kappa shape index (κ3) is 5.00. The number of hydrogen-bond acceptors (Lipinski definition) is 5. The maximum Gasteiger partial charge on any atom is 0.102 e. The molecule has 32 heavy (non-hydrogen) atoms. The number of piperidine rings is 1. The third-order valence-electron chi connectivity index (χ3n) is 8.54. The molecule has 3 heterocycles. The molecule has 1 aromatic heterocycles. The molecule has 176 valence electrons. The number of hydrogen-bond donors (Lipinski definition) is 2. The quantitative estimate of drug-likeness (QED) is 0.541. The fourth-order valence-electron chi connectivity index (χ4n) is 6.05. The van der Waals surface area contributed by atoms with Crippen molar-refractivity contribution in [3.8, 4) is 0 Å². The molecule has 2 aliphatic heterocycles. The number of likely N-dealkylation sites (tertiary alicyclic amines) is 1. The van der Waals surface area contributed by atoms with E-state index in [4.69, 9.17) is 4.99 Å². The van der Waals surface area contributed by atoms with Gasteiger partial charge in [0.15, 0.2) is 0 Å². The molecular formula is C27H41N3OS. The highest BCUT2D eigenvalue weighted by molar-refractivity contribution is 7.16. The molecule has 0 bridgehead atoms. The fraction of sp³-hybridized carbons (Fsp3) is 0.741. The Morgan fingerprint density at radius 1 is 1.19 bits per heavy atom. The molecule has 2 unspecified atom stereocenters. The van der Waals surface area contributed by atoms with E-state index < -0.39 is 0 Å². The van der Waals surface area contributed by atoms with Crippen molar-refractivity contribution >= 4 is 22.0 Å². The smallest absolute Gasteiger partial charge is 0.102 e. The van der Waals surface area contributed by atoms with Gasteiger partial charge in [0, 0.05) is 36.3 Å². The number of anilines is 1. The van der Waals surface area contributed by atoms with Crippen molar-refractivity contribution in [2.75, 3.05) is 25.0 Å². The number of nitrogens with zero attached hydrogens (tertiary/aromatic N) is 2. The van der Waals surface area contributed by atoms with Crippen LogP contribution in [0.3, 0.4) is 0 Å². The summed E-state index contributed by atoms with van der Waals surface area (Å²) in [4.78, 5) is 9.13. The molecule has 1 aromatic rings. The molecule has 5 rings (SSSR count). The summed E-state index contributed by atoms with van der Waals surface area (Å²) in [5.41, 5.74) is 4.07. The zero-order chi connectivity index (χ0) is 22.3. The number of fused-ring (bicyclic) bond motifs is 1. The molecule has 3 fully saturated rings.